The van der Waals surface area contributed by atoms with Gasteiger partial charge in [0, 0.05) is 5.02 Å². The van der Waals surface area contributed by atoms with Crippen LogP contribution in [-0.2, 0) is 6.42 Å². The number of aliphatic hydroxyl groups excluding tert-OH is 1. The van der Waals surface area contributed by atoms with E-state index in [4.69, 9.17) is 11.6 Å². The highest BCUT2D eigenvalue weighted by atomic mass is 35.5. The lowest BCUT2D eigenvalue weighted by atomic mass is 10.00. The highest BCUT2D eigenvalue weighted by molar-refractivity contribution is 6.30. The van der Waals surface area contributed by atoms with E-state index in [0.29, 0.717) is 5.92 Å². The summed E-state index contributed by atoms with van der Waals surface area (Å²) < 4.78 is 0. The average Bonchev–Trinajstić information content (AvgIpc) is 2.07. The Balaban J connectivity index is 2.47. The summed E-state index contributed by atoms with van der Waals surface area (Å²) in [5, 5.41) is 10.5. The molecule has 1 rings (SSSR count). The average molecular weight is 213 g/mol. The van der Waals surface area contributed by atoms with Crippen molar-refractivity contribution < 1.29 is 5.11 Å². The fourth-order valence-corrected chi connectivity index (χ4v) is 1.65. The van der Waals surface area contributed by atoms with E-state index >= 15 is 0 Å². The van der Waals surface area contributed by atoms with Crippen LogP contribution < -0.4 is 0 Å². The van der Waals surface area contributed by atoms with E-state index in [-0.39, 0.29) is 6.10 Å². The highest BCUT2D eigenvalue weighted by Crippen LogP contribution is 2.13. The monoisotopic (exact) mass is 212 g/mol. The smallest absolute Gasteiger partial charge is 0.0583 e. The maximum atomic E-state index is 9.71. The van der Waals surface area contributed by atoms with E-state index in [2.05, 4.69) is 13.8 Å². The van der Waals surface area contributed by atoms with Gasteiger partial charge in [0.05, 0.1) is 6.10 Å². The van der Waals surface area contributed by atoms with Crippen molar-refractivity contribution >= 4 is 11.6 Å². The van der Waals surface area contributed by atoms with Crippen molar-refractivity contribution in [1.29, 1.82) is 0 Å². The van der Waals surface area contributed by atoms with Crippen molar-refractivity contribution in [3.8, 4) is 0 Å². The maximum absolute atomic E-state index is 9.71. The van der Waals surface area contributed by atoms with E-state index in [1.165, 1.54) is 0 Å². The first-order chi connectivity index (χ1) is 6.58. The molecule has 14 heavy (non-hydrogen) atoms. The Bertz CT molecular complexity index is 266. The van der Waals surface area contributed by atoms with Gasteiger partial charge in [-0.15, -0.1) is 0 Å². The second kappa shape index (κ2) is 5.38. The minimum absolute atomic E-state index is 0.240. The first-order valence-corrected chi connectivity index (χ1v) is 5.38. The normalized spacial score (nSPS) is 13.2. The Hall–Kier alpha value is -0.530. The van der Waals surface area contributed by atoms with Crippen LogP contribution in [0, 0.1) is 5.92 Å². The molecule has 0 radical (unpaired) electrons. The summed E-state index contributed by atoms with van der Waals surface area (Å²) in [4.78, 5) is 0. The summed E-state index contributed by atoms with van der Waals surface area (Å²) in [7, 11) is 0. The molecule has 1 nitrogen and oxygen atoms in total. The summed E-state index contributed by atoms with van der Waals surface area (Å²) in [6.07, 6.45) is 1.33. The summed E-state index contributed by atoms with van der Waals surface area (Å²) in [6.45, 7) is 4.23. The Labute approximate surface area is 90.7 Å². The molecule has 0 heterocycles. The standard InChI is InChI=1S/C12H17ClO/c1-9(2)7-12(14)8-10-3-5-11(13)6-4-10/h3-6,9,12,14H,7-8H2,1-2H3. The number of rotatable bonds is 4. The Kier molecular flexibility index (Phi) is 4.43. The van der Waals surface area contributed by atoms with Crippen LogP contribution >= 0.6 is 11.6 Å². The summed E-state index contributed by atoms with van der Waals surface area (Å²) in [5.41, 5.74) is 1.14. The number of hydrogen-bond donors (Lipinski definition) is 1. The predicted molar refractivity (Wildman–Crippen MR) is 60.6 cm³/mol. The molecule has 0 spiro atoms. The fraction of sp³-hybridized carbons (Fsp3) is 0.500. The molecule has 0 bridgehead atoms. The third-order valence-corrected chi connectivity index (χ3v) is 2.38. The summed E-state index contributed by atoms with van der Waals surface area (Å²) in [6, 6.07) is 7.65. The van der Waals surface area contributed by atoms with Gasteiger partial charge in [0.2, 0.25) is 0 Å². The van der Waals surface area contributed by atoms with Crippen LogP contribution in [-0.4, -0.2) is 11.2 Å². The van der Waals surface area contributed by atoms with Crippen molar-refractivity contribution in [3.63, 3.8) is 0 Å². The van der Waals surface area contributed by atoms with Gasteiger partial charge in [-0.3, -0.25) is 0 Å². The molecule has 0 fully saturated rings. The lowest BCUT2D eigenvalue weighted by Crippen LogP contribution is -2.13. The van der Waals surface area contributed by atoms with Crippen molar-refractivity contribution in [3.05, 3.63) is 34.9 Å². The minimum atomic E-state index is -0.240. The van der Waals surface area contributed by atoms with Crippen LogP contribution in [0.2, 0.25) is 5.02 Å². The van der Waals surface area contributed by atoms with Crippen LogP contribution in [0.5, 0.6) is 0 Å². The molecule has 1 aromatic carbocycles. The lowest BCUT2D eigenvalue weighted by molar-refractivity contribution is 0.149. The van der Waals surface area contributed by atoms with Gasteiger partial charge in [-0.1, -0.05) is 37.6 Å². The van der Waals surface area contributed by atoms with Crippen molar-refractivity contribution in [2.75, 3.05) is 0 Å². The number of aliphatic hydroxyl groups is 1. The van der Waals surface area contributed by atoms with Crippen LogP contribution in [0.1, 0.15) is 25.8 Å². The first kappa shape index (κ1) is 11.5. The maximum Gasteiger partial charge on any atom is 0.0583 e. The van der Waals surface area contributed by atoms with Gasteiger partial charge in [0.25, 0.3) is 0 Å². The van der Waals surface area contributed by atoms with Crippen LogP contribution in [0.4, 0.5) is 0 Å². The zero-order chi connectivity index (χ0) is 10.6. The van der Waals surface area contributed by atoms with Gasteiger partial charge >= 0.3 is 0 Å². The fourth-order valence-electron chi connectivity index (χ4n) is 1.52. The highest BCUT2D eigenvalue weighted by Gasteiger charge is 2.07. The van der Waals surface area contributed by atoms with E-state index in [9.17, 15) is 5.11 Å². The summed E-state index contributed by atoms with van der Waals surface area (Å²) >= 11 is 5.77. The minimum Gasteiger partial charge on any atom is -0.393 e. The predicted octanol–water partition coefficient (Wildman–Crippen LogP) is 3.29. The van der Waals surface area contributed by atoms with Crippen molar-refractivity contribution in [1.82, 2.24) is 0 Å². The van der Waals surface area contributed by atoms with Gasteiger partial charge in [-0.25, -0.2) is 0 Å². The summed E-state index contributed by atoms with van der Waals surface area (Å²) in [5.74, 6) is 0.539. The van der Waals surface area contributed by atoms with Crippen molar-refractivity contribution in [2.45, 2.75) is 32.8 Å². The quantitative estimate of drug-likeness (QED) is 0.812. The van der Waals surface area contributed by atoms with Crippen LogP contribution in [0.15, 0.2) is 24.3 Å². The SMILES string of the molecule is CC(C)CC(O)Cc1ccc(Cl)cc1. The number of benzene rings is 1. The number of hydrogen-bond acceptors (Lipinski definition) is 1. The van der Waals surface area contributed by atoms with Gasteiger partial charge in [0.15, 0.2) is 0 Å². The topological polar surface area (TPSA) is 20.2 Å². The molecule has 0 saturated heterocycles. The van der Waals surface area contributed by atoms with Gasteiger partial charge in [-0.2, -0.15) is 0 Å². The Morgan fingerprint density at radius 2 is 1.79 bits per heavy atom. The van der Waals surface area contributed by atoms with Crippen LogP contribution in [0.3, 0.4) is 0 Å². The first-order valence-electron chi connectivity index (χ1n) is 5.00. The molecule has 0 aliphatic rings. The van der Waals surface area contributed by atoms with E-state index in [1.807, 2.05) is 24.3 Å². The number of halogens is 1. The molecular formula is C12H17ClO. The van der Waals surface area contributed by atoms with Gasteiger partial charge in [-0.05, 0) is 36.5 Å². The zero-order valence-electron chi connectivity index (χ0n) is 8.70. The zero-order valence-corrected chi connectivity index (χ0v) is 9.46. The van der Waals surface area contributed by atoms with Gasteiger partial charge in [0.1, 0.15) is 0 Å². The second-order valence-corrected chi connectivity index (χ2v) is 4.55. The second-order valence-electron chi connectivity index (χ2n) is 4.11. The van der Waals surface area contributed by atoms with Crippen LogP contribution in [0.25, 0.3) is 0 Å². The molecule has 1 aromatic rings. The lowest BCUT2D eigenvalue weighted by Gasteiger charge is -2.12. The largest absolute Gasteiger partial charge is 0.393 e. The van der Waals surface area contributed by atoms with E-state index < -0.39 is 0 Å². The molecule has 1 N–H and O–H groups in total. The molecule has 0 aliphatic carbocycles. The molecule has 0 aliphatic heterocycles. The van der Waals surface area contributed by atoms with E-state index in [0.717, 1.165) is 23.4 Å². The molecule has 0 aromatic heterocycles. The molecule has 0 saturated carbocycles. The third kappa shape index (κ3) is 4.12. The Morgan fingerprint density at radius 3 is 2.29 bits per heavy atom. The van der Waals surface area contributed by atoms with E-state index in [1.54, 1.807) is 0 Å². The van der Waals surface area contributed by atoms with Gasteiger partial charge < -0.3 is 5.11 Å². The molecule has 1 atom stereocenters. The Morgan fingerprint density at radius 1 is 1.21 bits per heavy atom. The molecule has 2 heteroatoms. The third-order valence-electron chi connectivity index (χ3n) is 2.13. The molecule has 78 valence electrons. The molecule has 0 amide bonds. The molecular weight excluding hydrogens is 196 g/mol. The van der Waals surface area contributed by atoms with Crippen molar-refractivity contribution in [2.24, 2.45) is 5.92 Å². The molecule has 1 unspecified atom stereocenters.